The van der Waals surface area contributed by atoms with Gasteiger partial charge in [-0.1, -0.05) is 60.7 Å². The Kier molecular flexibility index (Phi) is 4.88. The monoisotopic (exact) mass is 325 g/mol. The second-order valence-electron chi connectivity index (χ2n) is 5.32. The van der Waals surface area contributed by atoms with Gasteiger partial charge in [-0.25, -0.2) is 9.78 Å². The summed E-state index contributed by atoms with van der Waals surface area (Å²) in [5.41, 5.74) is 2.04. The minimum absolute atomic E-state index is 0.102. The van der Waals surface area contributed by atoms with Crippen LogP contribution in [0.4, 0.5) is 9.93 Å². The predicted octanol–water partition coefficient (Wildman–Crippen LogP) is 4.74. The lowest BCUT2D eigenvalue weighted by atomic mass is 10.2. The minimum atomic E-state index is -0.102. The summed E-state index contributed by atoms with van der Waals surface area (Å²) in [6.07, 6.45) is 0.917. The van der Waals surface area contributed by atoms with Crippen LogP contribution in [0.3, 0.4) is 0 Å². The molecular formula is C18H19N3OS. The van der Waals surface area contributed by atoms with Crippen molar-refractivity contribution < 1.29 is 4.79 Å². The van der Waals surface area contributed by atoms with Crippen LogP contribution in [0.2, 0.25) is 0 Å². The fourth-order valence-electron chi connectivity index (χ4n) is 2.42. The Morgan fingerprint density at radius 1 is 1.13 bits per heavy atom. The van der Waals surface area contributed by atoms with E-state index in [2.05, 4.69) is 17.2 Å². The predicted molar refractivity (Wildman–Crippen MR) is 95.8 cm³/mol. The van der Waals surface area contributed by atoms with Crippen molar-refractivity contribution in [3.05, 3.63) is 60.2 Å². The van der Waals surface area contributed by atoms with Gasteiger partial charge in [0.2, 0.25) is 0 Å². The van der Waals surface area contributed by atoms with E-state index < -0.39 is 0 Å². The molecular weight excluding hydrogens is 306 g/mol. The lowest BCUT2D eigenvalue weighted by Gasteiger charge is -2.22. The molecule has 0 aliphatic rings. The molecule has 0 spiro atoms. The van der Waals surface area contributed by atoms with Crippen LogP contribution in [0.1, 0.15) is 18.9 Å². The van der Waals surface area contributed by atoms with E-state index in [0.29, 0.717) is 18.2 Å². The molecule has 0 bridgehead atoms. The fourth-order valence-corrected chi connectivity index (χ4v) is 3.28. The molecule has 0 saturated heterocycles. The number of anilines is 1. The summed E-state index contributed by atoms with van der Waals surface area (Å²) in [6.45, 7) is 3.39. The number of nitrogens with one attached hydrogen (secondary N) is 1. The molecule has 1 heterocycles. The first-order valence-electron chi connectivity index (χ1n) is 7.71. The van der Waals surface area contributed by atoms with Gasteiger partial charge in [0.25, 0.3) is 0 Å². The van der Waals surface area contributed by atoms with E-state index in [0.717, 1.165) is 22.2 Å². The van der Waals surface area contributed by atoms with Gasteiger partial charge in [-0.2, -0.15) is 0 Å². The van der Waals surface area contributed by atoms with Crippen molar-refractivity contribution in [1.29, 1.82) is 0 Å². The molecule has 118 valence electrons. The zero-order chi connectivity index (χ0) is 16.1. The van der Waals surface area contributed by atoms with Gasteiger partial charge in [0.1, 0.15) is 0 Å². The average Bonchev–Trinajstić information content (AvgIpc) is 2.97. The van der Waals surface area contributed by atoms with Crippen LogP contribution >= 0.6 is 11.3 Å². The Bertz CT molecular complexity index is 752. The molecule has 0 atom stereocenters. The molecule has 0 unspecified atom stereocenters. The molecule has 0 saturated carbocycles. The van der Waals surface area contributed by atoms with Crippen molar-refractivity contribution in [3.63, 3.8) is 0 Å². The van der Waals surface area contributed by atoms with E-state index >= 15 is 0 Å². The summed E-state index contributed by atoms with van der Waals surface area (Å²) >= 11 is 1.50. The van der Waals surface area contributed by atoms with E-state index in [9.17, 15) is 4.79 Å². The molecule has 2 aromatic carbocycles. The molecule has 3 aromatic rings. The number of benzene rings is 2. The van der Waals surface area contributed by atoms with Gasteiger partial charge in [0.15, 0.2) is 5.13 Å². The summed E-state index contributed by atoms with van der Waals surface area (Å²) in [5, 5.41) is 3.57. The lowest BCUT2D eigenvalue weighted by Crippen LogP contribution is -2.35. The Balaban J connectivity index is 1.72. The molecule has 3 rings (SSSR count). The van der Waals surface area contributed by atoms with E-state index in [-0.39, 0.29) is 6.03 Å². The third-order valence-corrected chi connectivity index (χ3v) is 4.46. The SMILES string of the molecule is CCCN(Cc1ccccc1)C(=O)Nc1nc2ccccc2s1. The Morgan fingerprint density at radius 2 is 1.87 bits per heavy atom. The minimum Gasteiger partial charge on any atom is -0.320 e. The molecule has 1 aromatic heterocycles. The van der Waals surface area contributed by atoms with E-state index in [1.807, 2.05) is 59.5 Å². The molecule has 0 aliphatic heterocycles. The molecule has 1 N–H and O–H groups in total. The third-order valence-electron chi connectivity index (χ3n) is 3.50. The van der Waals surface area contributed by atoms with Crippen molar-refractivity contribution in [2.45, 2.75) is 19.9 Å². The van der Waals surface area contributed by atoms with Crippen LogP contribution in [0.5, 0.6) is 0 Å². The zero-order valence-corrected chi connectivity index (χ0v) is 13.8. The van der Waals surface area contributed by atoms with Crippen LogP contribution in [0.25, 0.3) is 10.2 Å². The lowest BCUT2D eigenvalue weighted by molar-refractivity contribution is 0.209. The second kappa shape index (κ2) is 7.24. The largest absolute Gasteiger partial charge is 0.323 e. The summed E-state index contributed by atoms with van der Waals surface area (Å²) in [5.74, 6) is 0. The number of para-hydroxylation sites is 1. The van der Waals surface area contributed by atoms with Crippen molar-refractivity contribution in [2.75, 3.05) is 11.9 Å². The van der Waals surface area contributed by atoms with Crippen LogP contribution < -0.4 is 5.32 Å². The average molecular weight is 325 g/mol. The number of thiazole rings is 1. The highest BCUT2D eigenvalue weighted by Gasteiger charge is 2.15. The van der Waals surface area contributed by atoms with Gasteiger partial charge in [-0.15, -0.1) is 0 Å². The van der Waals surface area contributed by atoms with Gasteiger partial charge in [0.05, 0.1) is 10.2 Å². The molecule has 2 amide bonds. The molecule has 5 heteroatoms. The Morgan fingerprint density at radius 3 is 2.61 bits per heavy atom. The van der Waals surface area contributed by atoms with Gasteiger partial charge in [-0.05, 0) is 24.1 Å². The van der Waals surface area contributed by atoms with Gasteiger partial charge in [0, 0.05) is 13.1 Å². The normalized spacial score (nSPS) is 10.7. The van der Waals surface area contributed by atoms with Crippen LogP contribution in [-0.4, -0.2) is 22.5 Å². The van der Waals surface area contributed by atoms with Gasteiger partial charge >= 0.3 is 6.03 Å². The molecule has 0 fully saturated rings. The third kappa shape index (κ3) is 3.87. The second-order valence-corrected chi connectivity index (χ2v) is 6.35. The standard InChI is InChI=1S/C18H19N3OS/c1-2-12-21(13-14-8-4-3-5-9-14)18(22)20-17-19-15-10-6-7-11-16(15)23-17/h3-11H,2,12-13H2,1H3,(H,19,20,22). The number of hydrogen-bond donors (Lipinski definition) is 1. The van der Waals surface area contributed by atoms with Crippen molar-refractivity contribution in [1.82, 2.24) is 9.88 Å². The number of amides is 2. The van der Waals surface area contributed by atoms with E-state index in [4.69, 9.17) is 0 Å². The maximum atomic E-state index is 12.6. The van der Waals surface area contributed by atoms with E-state index in [1.165, 1.54) is 11.3 Å². The summed E-state index contributed by atoms with van der Waals surface area (Å²) in [7, 11) is 0. The van der Waals surface area contributed by atoms with Crippen molar-refractivity contribution >= 4 is 32.7 Å². The summed E-state index contributed by atoms with van der Waals surface area (Å²) in [6, 6.07) is 17.8. The number of carbonyl (C=O) groups is 1. The fraction of sp³-hybridized carbons (Fsp3) is 0.222. The van der Waals surface area contributed by atoms with E-state index in [1.54, 1.807) is 0 Å². The summed E-state index contributed by atoms with van der Waals surface area (Å²) < 4.78 is 1.08. The topological polar surface area (TPSA) is 45.2 Å². The quantitative estimate of drug-likeness (QED) is 0.736. The molecule has 4 nitrogen and oxygen atoms in total. The first-order chi connectivity index (χ1) is 11.3. The maximum absolute atomic E-state index is 12.6. The van der Waals surface area contributed by atoms with Crippen molar-refractivity contribution in [2.24, 2.45) is 0 Å². The Labute approximate surface area is 139 Å². The van der Waals surface area contributed by atoms with Crippen LogP contribution in [0.15, 0.2) is 54.6 Å². The highest BCUT2D eigenvalue weighted by Crippen LogP contribution is 2.25. The smallest absolute Gasteiger partial charge is 0.320 e. The number of nitrogens with zero attached hydrogens (tertiary/aromatic N) is 2. The number of rotatable bonds is 5. The molecule has 0 radical (unpaired) electrons. The highest BCUT2D eigenvalue weighted by atomic mass is 32.1. The first-order valence-corrected chi connectivity index (χ1v) is 8.53. The number of carbonyl (C=O) groups excluding carboxylic acids is 1. The molecule has 23 heavy (non-hydrogen) atoms. The van der Waals surface area contributed by atoms with Crippen molar-refractivity contribution in [3.8, 4) is 0 Å². The summed E-state index contributed by atoms with van der Waals surface area (Å²) in [4.78, 5) is 18.8. The first kappa shape index (κ1) is 15.5. The number of fused-ring (bicyclic) bond motifs is 1. The van der Waals surface area contributed by atoms with Crippen LogP contribution in [0, 0.1) is 0 Å². The van der Waals surface area contributed by atoms with Crippen LogP contribution in [-0.2, 0) is 6.54 Å². The highest BCUT2D eigenvalue weighted by molar-refractivity contribution is 7.22. The maximum Gasteiger partial charge on any atom is 0.323 e. The number of aromatic nitrogens is 1. The Hall–Kier alpha value is -2.40. The molecule has 0 aliphatic carbocycles. The zero-order valence-electron chi connectivity index (χ0n) is 13.0. The number of urea groups is 1. The van der Waals surface area contributed by atoms with Gasteiger partial charge in [-0.3, -0.25) is 5.32 Å². The van der Waals surface area contributed by atoms with Gasteiger partial charge < -0.3 is 4.90 Å². The number of hydrogen-bond acceptors (Lipinski definition) is 3.